The van der Waals surface area contributed by atoms with Gasteiger partial charge in [-0.25, -0.2) is 9.97 Å². The van der Waals surface area contributed by atoms with Crippen LogP contribution in [-0.4, -0.2) is 15.0 Å². The van der Waals surface area contributed by atoms with Gasteiger partial charge in [-0.2, -0.15) is 0 Å². The maximum atomic E-state index is 4.38. The number of aromatic nitrogens is 3. The number of nitrogens with one attached hydrogen (secondary N) is 2. The highest BCUT2D eigenvalue weighted by Crippen LogP contribution is 2.28. The lowest BCUT2D eigenvalue weighted by Gasteiger charge is -2.09. The third-order valence-corrected chi connectivity index (χ3v) is 3.60. The lowest BCUT2D eigenvalue weighted by Crippen LogP contribution is -1.95. The number of fused-ring (bicyclic) bond motifs is 2. The van der Waals surface area contributed by atoms with E-state index < -0.39 is 0 Å². The minimum absolute atomic E-state index is 0.820. The zero-order valence-electron chi connectivity index (χ0n) is 11.6. The van der Waals surface area contributed by atoms with Crippen molar-refractivity contribution in [2.75, 3.05) is 5.32 Å². The summed E-state index contributed by atoms with van der Waals surface area (Å²) in [5.74, 6) is 0.820. The predicted octanol–water partition coefficient (Wildman–Crippen LogP) is 4.16. The molecule has 4 aromatic rings. The lowest BCUT2D eigenvalue weighted by atomic mass is 10.1. The van der Waals surface area contributed by atoms with Crippen LogP contribution in [0.5, 0.6) is 0 Å². The van der Waals surface area contributed by atoms with E-state index in [4.69, 9.17) is 0 Å². The summed E-state index contributed by atoms with van der Waals surface area (Å²) < 4.78 is 0. The molecular weight excluding hydrogens is 260 g/mol. The van der Waals surface area contributed by atoms with Crippen molar-refractivity contribution in [3.63, 3.8) is 0 Å². The van der Waals surface area contributed by atoms with Gasteiger partial charge in [-0.1, -0.05) is 36.4 Å². The molecule has 0 aliphatic rings. The summed E-state index contributed by atoms with van der Waals surface area (Å²) in [6, 6.07) is 16.6. The molecule has 0 fully saturated rings. The van der Waals surface area contributed by atoms with Crippen molar-refractivity contribution < 1.29 is 0 Å². The first-order valence-electron chi connectivity index (χ1n) is 6.86. The number of anilines is 2. The van der Waals surface area contributed by atoms with Gasteiger partial charge in [0.05, 0.1) is 5.39 Å². The van der Waals surface area contributed by atoms with Crippen molar-refractivity contribution in [3.8, 4) is 0 Å². The summed E-state index contributed by atoms with van der Waals surface area (Å²) in [5.41, 5.74) is 2.98. The largest absolute Gasteiger partial charge is 0.343 e. The van der Waals surface area contributed by atoms with Crippen LogP contribution in [0.1, 0.15) is 5.69 Å². The Morgan fingerprint density at radius 2 is 1.81 bits per heavy atom. The van der Waals surface area contributed by atoms with Crippen LogP contribution in [0.25, 0.3) is 21.8 Å². The third kappa shape index (κ3) is 2.01. The standard InChI is InChI=1S/C17H14N4/c1-11-9-14-16(20-11)18-10-19-17(14)21-15-8-4-6-12-5-2-3-7-13(12)15/h2-10H,1H3,(H2,18,19,20,21). The molecule has 0 spiro atoms. The molecular formula is C17H14N4. The SMILES string of the molecule is Cc1cc2c(Nc3cccc4ccccc34)ncnc2[nH]1. The molecule has 0 saturated carbocycles. The Bertz CT molecular complexity index is 934. The number of aryl methyl sites for hydroxylation is 1. The number of rotatable bonds is 2. The van der Waals surface area contributed by atoms with Gasteiger partial charge >= 0.3 is 0 Å². The lowest BCUT2D eigenvalue weighted by molar-refractivity contribution is 1.18. The molecule has 2 aromatic heterocycles. The summed E-state index contributed by atoms with van der Waals surface area (Å²) in [4.78, 5) is 11.9. The zero-order valence-corrected chi connectivity index (χ0v) is 11.6. The second-order valence-corrected chi connectivity index (χ2v) is 5.09. The van der Waals surface area contributed by atoms with Crippen LogP contribution in [0.2, 0.25) is 0 Å². The molecule has 0 aliphatic carbocycles. The van der Waals surface area contributed by atoms with E-state index in [9.17, 15) is 0 Å². The summed E-state index contributed by atoms with van der Waals surface area (Å²) in [5, 5.41) is 6.82. The summed E-state index contributed by atoms with van der Waals surface area (Å²) in [6.07, 6.45) is 1.58. The smallest absolute Gasteiger partial charge is 0.143 e. The zero-order chi connectivity index (χ0) is 14.2. The normalized spacial score (nSPS) is 11.1. The highest BCUT2D eigenvalue weighted by atomic mass is 15.0. The van der Waals surface area contributed by atoms with E-state index in [1.165, 1.54) is 10.8 Å². The van der Waals surface area contributed by atoms with E-state index in [1.807, 2.05) is 25.1 Å². The van der Waals surface area contributed by atoms with Gasteiger partial charge in [0.25, 0.3) is 0 Å². The summed E-state index contributed by atoms with van der Waals surface area (Å²) >= 11 is 0. The number of benzene rings is 2. The van der Waals surface area contributed by atoms with Crippen molar-refractivity contribution in [1.29, 1.82) is 0 Å². The van der Waals surface area contributed by atoms with Crippen LogP contribution < -0.4 is 5.32 Å². The topological polar surface area (TPSA) is 53.6 Å². The summed E-state index contributed by atoms with van der Waals surface area (Å²) in [6.45, 7) is 2.02. The average molecular weight is 274 g/mol. The van der Waals surface area contributed by atoms with Crippen LogP contribution in [0, 0.1) is 6.92 Å². The molecule has 4 nitrogen and oxygen atoms in total. The molecule has 21 heavy (non-hydrogen) atoms. The van der Waals surface area contributed by atoms with Crippen molar-refractivity contribution in [2.24, 2.45) is 0 Å². The predicted molar refractivity (Wildman–Crippen MR) is 85.9 cm³/mol. The van der Waals surface area contributed by atoms with E-state index in [2.05, 4.69) is 50.6 Å². The Kier molecular flexibility index (Phi) is 2.60. The van der Waals surface area contributed by atoms with Crippen molar-refractivity contribution >= 4 is 33.3 Å². The third-order valence-electron chi connectivity index (χ3n) is 3.60. The van der Waals surface area contributed by atoms with Gasteiger partial charge in [0.2, 0.25) is 0 Å². The number of hydrogen-bond donors (Lipinski definition) is 2. The molecule has 2 heterocycles. The van der Waals surface area contributed by atoms with E-state index in [0.717, 1.165) is 28.2 Å². The molecule has 0 atom stereocenters. The Morgan fingerprint density at radius 1 is 0.952 bits per heavy atom. The van der Waals surface area contributed by atoms with E-state index in [0.29, 0.717) is 0 Å². The molecule has 0 aliphatic heterocycles. The van der Waals surface area contributed by atoms with Crippen LogP contribution >= 0.6 is 0 Å². The molecule has 0 amide bonds. The van der Waals surface area contributed by atoms with Gasteiger partial charge in [0.15, 0.2) is 0 Å². The average Bonchev–Trinajstić information content (AvgIpc) is 2.89. The number of aromatic amines is 1. The first-order valence-corrected chi connectivity index (χ1v) is 6.86. The fraction of sp³-hybridized carbons (Fsp3) is 0.0588. The van der Waals surface area contributed by atoms with Crippen molar-refractivity contribution in [3.05, 3.63) is 60.6 Å². The van der Waals surface area contributed by atoms with Gasteiger partial charge < -0.3 is 10.3 Å². The van der Waals surface area contributed by atoms with Gasteiger partial charge in [-0.15, -0.1) is 0 Å². The first kappa shape index (κ1) is 11.9. The molecule has 2 aromatic carbocycles. The number of nitrogens with zero attached hydrogens (tertiary/aromatic N) is 2. The summed E-state index contributed by atoms with van der Waals surface area (Å²) in [7, 11) is 0. The maximum Gasteiger partial charge on any atom is 0.143 e. The molecule has 0 radical (unpaired) electrons. The van der Waals surface area contributed by atoms with E-state index in [-0.39, 0.29) is 0 Å². The molecule has 0 unspecified atom stereocenters. The van der Waals surface area contributed by atoms with Gasteiger partial charge in [-0.05, 0) is 24.4 Å². The monoisotopic (exact) mass is 274 g/mol. The second kappa shape index (κ2) is 4.59. The molecule has 102 valence electrons. The Labute approximate surface area is 121 Å². The highest BCUT2D eigenvalue weighted by molar-refractivity contribution is 5.98. The molecule has 0 bridgehead atoms. The van der Waals surface area contributed by atoms with E-state index in [1.54, 1.807) is 6.33 Å². The molecule has 4 rings (SSSR count). The van der Waals surface area contributed by atoms with Crippen LogP contribution in [0.4, 0.5) is 11.5 Å². The molecule has 4 heteroatoms. The van der Waals surface area contributed by atoms with Gasteiger partial charge in [0, 0.05) is 16.8 Å². The van der Waals surface area contributed by atoms with Crippen molar-refractivity contribution in [1.82, 2.24) is 15.0 Å². The number of H-pyrrole nitrogens is 1. The fourth-order valence-electron chi connectivity index (χ4n) is 2.63. The fourth-order valence-corrected chi connectivity index (χ4v) is 2.63. The quantitative estimate of drug-likeness (QED) is 0.577. The minimum atomic E-state index is 0.820. The molecule has 0 saturated heterocycles. The minimum Gasteiger partial charge on any atom is -0.343 e. The van der Waals surface area contributed by atoms with Gasteiger partial charge in [-0.3, -0.25) is 0 Å². The van der Waals surface area contributed by atoms with Gasteiger partial charge in [0.1, 0.15) is 17.8 Å². The van der Waals surface area contributed by atoms with Crippen LogP contribution in [0.3, 0.4) is 0 Å². The molecule has 2 N–H and O–H groups in total. The van der Waals surface area contributed by atoms with E-state index >= 15 is 0 Å². The van der Waals surface area contributed by atoms with Crippen molar-refractivity contribution in [2.45, 2.75) is 6.92 Å². The maximum absolute atomic E-state index is 4.38. The second-order valence-electron chi connectivity index (χ2n) is 5.09. The number of hydrogen-bond acceptors (Lipinski definition) is 3. The Morgan fingerprint density at radius 3 is 2.76 bits per heavy atom. The van der Waals surface area contributed by atoms with Crippen LogP contribution in [0.15, 0.2) is 54.9 Å². The Hall–Kier alpha value is -2.88. The van der Waals surface area contributed by atoms with Crippen LogP contribution in [-0.2, 0) is 0 Å². The highest BCUT2D eigenvalue weighted by Gasteiger charge is 2.08. The first-order chi connectivity index (χ1) is 10.3. The Balaban J connectivity index is 1.87.